The minimum atomic E-state index is -0.350. The smallest absolute Gasteiger partial charge is 0.265 e. The van der Waals surface area contributed by atoms with Gasteiger partial charge in [-0.1, -0.05) is 29.8 Å². The lowest BCUT2D eigenvalue weighted by atomic mass is 10.1. The molecule has 0 aromatic heterocycles. The summed E-state index contributed by atoms with van der Waals surface area (Å²) in [5.41, 5.74) is 1.95. The summed E-state index contributed by atoms with van der Waals surface area (Å²) in [5, 5.41) is 6.07. The first kappa shape index (κ1) is 20.4. The van der Waals surface area contributed by atoms with E-state index < -0.39 is 0 Å². The van der Waals surface area contributed by atoms with Crippen LogP contribution in [0.1, 0.15) is 10.4 Å². The summed E-state index contributed by atoms with van der Waals surface area (Å²) < 4.78 is 5.47. The number of nitrogens with one attached hydrogen (secondary N) is 2. The highest BCUT2D eigenvalue weighted by atomic mass is 35.5. The molecule has 0 bridgehead atoms. The van der Waals surface area contributed by atoms with Crippen LogP contribution < -0.4 is 20.3 Å². The molecule has 7 nitrogen and oxygen atoms in total. The van der Waals surface area contributed by atoms with Gasteiger partial charge in [-0.2, -0.15) is 0 Å². The standard InChI is InChI=1S/C23H18ClN3O4/c24-16-8-6-15(7-9-16)23(30)26-18-10-11-20-19(12-18)27(22(29)14-31-20)13-21(28)25-17-4-2-1-3-5-17/h1-12H,13-14H2,(H,25,28)(H,26,30). The average molecular weight is 436 g/mol. The number of nitrogens with zero attached hydrogens (tertiary/aromatic N) is 1. The molecule has 1 heterocycles. The number of carbonyl (C=O) groups excluding carboxylic acids is 3. The SMILES string of the molecule is O=C(CN1C(=O)COc2ccc(NC(=O)c3ccc(Cl)cc3)cc21)Nc1ccccc1. The van der Waals surface area contributed by atoms with Crippen LogP contribution in [0.2, 0.25) is 5.02 Å². The third kappa shape index (κ3) is 4.84. The molecule has 3 aromatic carbocycles. The monoisotopic (exact) mass is 435 g/mol. The molecule has 0 atom stereocenters. The van der Waals surface area contributed by atoms with E-state index in [2.05, 4.69) is 10.6 Å². The summed E-state index contributed by atoms with van der Waals surface area (Å²) in [6, 6.07) is 20.4. The summed E-state index contributed by atoms with van der Waals surface area (Å²) in [5.74, 6) is -0.565. The molecule has 31 heavy (non-hydrogen) atoms. The number of para-hydroxylation sites is 1. The first-order valence-electron chi connectivity index (χ1n) is 9.48. The van der Waals surface area contributed by atoms with Crippen molar-refractivity contribution in [1.29, 1.82) is 0 Å². The third-order valence-corrected chi connectivity index (χ3v) is 4.88. The Morgan fingerprint density at radius 2 is 1.68 bits per heavy atom. The zero-order chi connectivity index (χ0) is 21.8. The summed E-state index contributed by atoms with van der Waals surface area (Å²) >= 11 is 5.86. The number of halogens is 1. The first-order valence-corrected chi connectivity index (χ1v) is 9.86. The van der Waals surface area contributed by atoms with E-state index in [1.54, 1.807) is 66.7 Å². The van der Waals surface area contributed by atoms with E-state index in [1.807, 2.05) is 6.07 Å². The summed E-state index contributed by atoms with van der Waals surface area (Å²) in [7, 11) is 0. The zero-order valence-corrected chi connectivity index (χ0v) is 17.1. The van der Waals surface area contributed by atoms with Gasteiger partial charge >= 0.3 is 0 Å². The molecule has 3 aromatic rings. The Kier molecular flexibility index (Phi) is 5.86. The van der Waals surface area contributed by atoms with Crippen molar-refractivity contribution >= 4 is 46.4 Å². The molecular weight excluding hydrogens is 418 g/mol. The Hall–Kier alpha value is -3.84. The lowest BCUT2D eigenvalue weighted by Crippen LogP contribution is -2.43. The van der Waals surface area contributed by atoms with Crippen LogP contribution in [0, 0.1) is 0 Å². The third-order valence-electron chi connectivity index (χ3n) is 4.63. The molecule has 0 spiro atoms. The fraction of sp³-hybridized carbons (Fsp3) is 0.0870. The molecule has 0 radical (unpaired) electrons. The van der Waals surface area contributed by atoms with Crippen LogP contribution in [0.5, 0.6) is 5.75 Å². The van der Waals surface area contributed by atoms with Gasteiger partial charge in [0, 0.05) is 22.0 Å². The predicted molar refractivity (Wildman–Crippen MR) is 119 cm³/mol. The fourth-order valence-corrected chi connectivity index (χ4v) is 3.25. The van der Waals surface area contributed by atoms with Crippen molar-refractivity contribution in [3.8, 4) is 5.75 Å². The maximum atomic E-state index is 12.5. The van der Waals surface area contributed by atoms with E-state index >= 15 is 0 Å². The Labute approximate surface area is 183 Å². The highest BCUT2D eigenvalue weighted by Gasteiger charge is 2.28. The molecule has 0 saturated carbocycles. The normalized spacial score (nSPS) is 12.5. The number of amides is 3. The highest BCUT2D eigenvalue weighted by molar-refractivity contribution is 6.30. The molecule has 1 aliphatic rings. The largest absolute Gasteiger partial charge is 0.482 e. The van der Waals surface area contributed by atoms with Gasteiger partial charge in [0.15, 0.2) is 6.61 Å². The predicted octanol–water partition coefficient (Wildman–Crippen LogP) is 3.96. The van der Waals surface area contributed by atoms with E-state index in [0.29, 0.717) is 33.4 Å². The molecule has 156 valence electrons. The van der Waals surface area contributed by atoms with E-state index in [4.69, 9.17) is 16.3 Å². The number of carbonyl (C=O) groups is 3. The lowest BCUT2D eigenvalue weighted by molar-refractivity contribution is -0.123. The first-order chi connectivity index (χ1) is 15.0. The molecule has 2 N–H and O–H groups in total. The van der Waals surface area contributed by atoms with Crippen LogP contribution in [0.4, 0.5) is 17.1 Å². The Bertz CT molecular complexity index is 1130. The fourth-order valence-electron chi connectivity index (χ4n) is 3.12. The van der Waals surface area contributed by atoms with Gasteiger partial charge < -0.3 is 15.4 Å². The molecule has 8 heteroatoms. The van der Waals surface area contributed by atoms with E-state index in [1.165, 1.54) is 4.90 Å². The van der Waals surface area contributed by atoms with Crippen LogP contribution in [0.15, 0.2) is 72.8 Å². The second kappa shape index (κ2) is 8.89. The van der Waals surface area contributed by atoms with Crippen molar-refractivity contribution in [2.24, 2.45) is 0 Å². The van der Waals surface area contributed by atoms with Crippen molar-refractivity contribution in [3.05, 3.63) is 83.4 Å². The maximum Gasteiger partial charge on any atom is 0.265 e. The number of hydrogen-bond acceptors (Lipinski definition) is 4. The number of benzene rings is 3. The number of fused-ring (bicyclic) bond motifs is 1. The molecule has 4 rings (SSSR count). The van der Waals surface area contributed by atoms with Crippen LogP contribution in [-0.4, -0.2) is 30.9 Å². The molecule has 0 aliphatic carbocycles. The molecule has 0 fully saturated rings. The number of rotatable bonds is 5. The van der Waals surface area contributed by atoms with E-state index in [-0.39, 0.29) is 30.9 Å². The summed E-state index contributed by atoms with van der Waals surface area (Å²) in [4.78, 5) is 38.8. The van der Waals surface area contributed by atoms with E-state index in [9.17, 15) is 14.4 Å². The van der Waals surface area contributed by atoms with Crippen LogP contribution >= 0.6 is 11.6 Å². The Morgan fingerprint density at radius 3 is 2.42 bits per heavy atom. The van der Waals surface area contributed by atoms with E-state index in [0.717, 1.165) is 0 Å². The second-order valence-electron chi connectivity index (χ2n) is 6.83. The van der Waals surface area contributed by atoms with Gasteiger partial charge in [-0.25, -0.2) is 0 Å². The number of anilines is 3. The molecular formula is C23H18ClN3O4. The molecule has 0 saturated heterocycles. The molecule has 1 aliphatic heterocycles. The van der Waals surface area contributed by atoms with Crippen molar-refractivity contribution in [3.63, 3.8) is 0 Å². The van der Waals surface area contributed by atoms with Crippen LogP contribution in [0.25, 0.3) is 0 Å². The van der Waals surface area contributed by atoms with Crippen LogP contribution in [0.3, 0.4) is 0 Å². The highest BCUT2D eigenvalue weighted by Crippen LogP contribution is 2.34. The Balaban J connectivity index is 1.52. The van der Waals surface area contributed by atoms with Gasteiger partial charge in [0.25, 0.3) is 11.8 Å². The van der Waals surface area contributed by atoms with Gasteiger partial charge in [-0.3, -0.25) is 19.3 Å². The summed E-state index contributed by atoms with van der Waals surface area (Å²) in [6.45, 7) is -0.346. The minimum Gasteiger partial charge on any atom is -0.482 e. The Morgan fingerprint density at radius 1 is 0.935 bits per heavy atom. The number of ether oxygens (including phenoxy) is 1. The van der Waals surface area contributed by atoms with Crippen molar-refractivity contribution in [2.45, 2.75) is 0 Å². The van der Waals surface area contributed by atoms with Crippen molar-refractivity contribution < 1.29 is 19.1 Å². The topological polar surface area (TPSA) is 87.7 Å². The van der Waals surface area contributed by atoms with Crippen molar-refractivity contribution in [2.75, 3.05) is 28.7 Å². The second-order valence-corrected chi connectivity index (χ2v) is 7.26. The zero-order valence-electron chi connectivity index (χ0n) is 16.3. The van der Waals surface area contributed by atoms with Crippen LogP contribution in [-0.2, 0) is 9.59 Å². The average Bonchev–Trinajstić information content (AvgIpc) is 2.77. The van der Waals surface area contributed by atoms with Gasteiger partial charge in [0.2, 0.25) is 5.91 Å². The van der Waals surface area contributed by atoms with Gasteiger partial charge in [0.05, 0.1) is 5.69 Å². The summed E-state index contributed by atoms with van der Waals surface area (Å²) in [6.07, 6.45) is 0. The quantitative estimate of drug-likeness (QED) is 0.635. The number of hydrogen-bond donors (Lipinski definition) is 2. The molecule has 3 amide bonds. The van der Waals surface area contributed by atoms with Gasteiger partial charge in [-0.15, -0.1) is 0 Å². The van der Waals surface area contributed by atoms with Gasteiger partial charge in [-0.05, 0) is 54.6 Å². The maximum absolute atomic E-state index is 12.5. The van der Waals surface area contributed by atoms with Gasteiger partial charge in [0.1, 0.15) is 12.3 Å². The lowest BCUT2D eigenvalue weighted by Gasteiger charge is -2.29. The minimum absolute atomic E-state index is 0.165. The molecule has 0 unspecified atom stereocenters. The van der Waals surface area contributed by atoms with Crippen molar-refractivity contribution in [1.82, 2.24) is 0 Å².